The summed E-state index contributed by atoms with van der Waals surface area (Å²) in [6.45, 7) is 5.97. The van der Waals surface area contributed by atoms with Gasteiger partial charge in [-0.3, -0.25) is 0 Å². The molecule has 0 unspecified atom stereocenters. The molecule has 1 fully saturated rings. The maximum atomic E-state index is 4.49. The van der Waals surface area contributed by atoms with Gasteiger partial charge in [-0.1, -0.05) is 25.7 Å². The topological polar surface area (TPSA) is 49.8 Å². The fourth-order valence-electron chi connectivity index (χ4n) is 2.56. The number of hydrogen-bond donors (Lipinski definition) is 2. The molecule has 0 aliphatic heterocycles. The minimum atomic E-state index is 0.714. The van der Waals surface area contributed by atoms with E-state index in [1.165, 1.54) is 32.1 Å². The molecule has 2 rings (SSSR count). The van der Waals surface area contributed by atoms with Crippen molar-refractivity contribution >= 4 is 11.8 Å². The second-order valence-electron chi connectivity index (χ2n) is 5.12. The molecule has 1 heterocycles. The van der Waals surface area contributed by atoms with Crippen LogP contribution in [-0.2, 0) is 0 Å². The van der Waals surface area contributed by atoms with Crippen LogP contribution in [0.1, 0.15) is 44.6 Å². The van der Waals surface area contributed by atoms with Crippen molar-refractivity contribution in [2.45, 2.75) is 46.0 Å². The maximum absolute atomic E-state index is 4.49. The van der Waals surface area contributed by atoms with Crippen LogP contribution in [0.5, 0.6) is 0 Å². The summed E-state index contributed by atoms with van der Waals surface area (Å²) in [7, 11) is 0. The van der Waals surface area contributed by atoms with E-state index in [2.05, 4.69) is 27.5 Å². The van der Waals surface area contributed by atoms with E-state index in [0.29, 0.717) is 5.95 Å². The molecule has 0 aromatic carbocycles. The molecule has 0 amide bonds. The molecule has 2 N–H and O–H groups in total. The third-order valence-corrected chi connectivity index (χ3v) is 3.63. The minimum absolute atomic E-state index is 0.714. The number of aromatic nitrogens is 2. The Hall–Kier alpha value is -1.32. The lowest BCUT2D eigenvalue weighted by Crippen LogP contribution is -2.11. The van der Waals surface area contributed by atoms with Crippen LogP contribution in [0, 0.1) is 12.8 Å². The number of nitrogens with one attached hydrogen (secondary N) is 2. The van der Waals surface area contributed by atoms with Crippen LogP contribution in [-0.4, -0.2) is 23.1 Å². The monoisotopic (exact) mass is 248 g/mol. The van der Waals surface area contributed by atoms with Gasteiger partial charge in [0.1, 0.15) is 5.82 Å². The highest BCUT2D eigenvalue weighted by atomic mass is 15.1. The molecular weight excluding hydrogens is 224 g/mol. The molecule has 18 heavy (non-hydrogen) atoms. The van der Waals surface area contributed by atoms with Gasteiger partial charge < -0.3 is 10.6 Å². The highest BCUT2D eigenvalue weighted by molar-refractivity contribution is 5.46. The van der Waals surface area contributed by atoms with Gasteiger partial charge in [-0.05, 0) is 26.2 Å². The van der Waals surface area contributed by atoms with Crippen molar-refractivity contribution < 1.29 is 0 Å². The summed E-state index contributed by atoms with van der Waals surface area (Å²) in [6.07, 6.45) is 8.80. The summed E-state index contributed by atoms with van der Waals surface area (Å²) in [5, 5.41) is 6.59. The molecule has 1 aromatic rings. The molecule has 0 saturated heterocycles. The van der Waals surface area contributed by atoms with E-state index in [4.69, 9.17) is 0 Å². The second-order valence-corrected chi connectivity index (χ2v) is 5.12. The largest absolute Gasteiger partial charge is 0.370 e. The zero-order valence-electron chi connectivity index (χ0n) is 11.5. The van der Waals surface area contributed by atoms with E-state index >= 15 is 0 Å². The standard InChI is InChI=1S/C14H24N4/c1-3-15-14-17-10-11(2)13(18-14)16-9-8-12-6-4-5-7-12/h10,12H,3-9H2,1-2H3,(H2,15,16,17,18). The summed E-state index contributed by atoms with van der Waals surface area (Å²) >= 11 is 0. The quantitative estimate of drug-likeness (QED) is 0.811. The molecule has 1 aliphatic rings. The van der Waals surface area contributed by atoms with E-state index < -0.39 is 0 Å². The van der Waals surface area contributed by atoms with Gasteiger partial charge in [0, 0.05) is 24.8 Å². The molecule has 4 nitrogen and oxygen atoms in total. The van der Waals surface area contributed by atoms with Crippen LogP contribution in [0.3, 0.4) is 0 Å². The summed E-state index contributed by atoms with van der Waals surface area (Å²) in [4.78, 5) is 8.74. The Balaban J connectivity index is 1.85. The molecule has 0 bridgehead atoms. The number of hydrogen-bond acceptors (Lipinski definition) is 4. The van der Waals surface area contributed by atoms with Crippen molar-refractivity contribution in [3.63, 3.8) is 0 Å². The summed E-state index contributed by atoms with van der Waals surface area (Å²) in [5.74, 6) is 2.61. The molecule has 100 valence electrons. The van der Waals surface area contributed by atoms with Gasteiger partial charge in [0.25, 0.3) is 0 Å². The lowest BCUT2D eigenvalue weighted by Gasteiger charge is -2.12. The Bertz CT molecular complexity index is 372. The molecule has 1 aliphatic carbocycles. The zero-order chi connectivity index (χ0) is 12.8. The fraction of sp³-hybridized carbons (Fsp3) is 0.714. The first-order chi connectivity index (χ1) is 8.79. The average molecular weight is 248 g/mol. The van der Waals surface area contributed by atoms with Crippen molar-refractivity contribution in [3.05, 3.63) is 11.8 Å². The summed E-state index contributed by atoms with van der Waals surface area (Å²) < 4.78 is 0. The van der Waals surface area contributed by atoms with E-state index in [1.807, 2.05) is 13.1 Å². The van der Waals surface area contributed by atoms with Crippen molar-refractivity contribution in [1.82, 2.24) is 9.97 Å². The zero-order valence-corrected chi connectivity index (χ0v) is 11.5. The van der Waals surface area contributed by atoms with Gasteiger partial charge in [0.2, 0.25) is 5.95 Å². The highest BCUT2D eigenvalue weighted by Crippen LogP contribution is 2.27. The predicted octanol–water partition coefficient (Wildman–Crippen LogP) is 3.21. The lowest BCUT2D eigenvalue weighted by molar-refractivity contribution is 0.518. The molecule has 1 aromatic heterocycles. The van der Waals surface area contributed by atoms with Crippen LogP contribution in [0.2, 0.25) is 0 Å². The van der Waals surface area contributed by atoms with Crippen molar-refractivity contribution in [2.75, 3.05) is 23.7 Å². The van der Waals surface area contributed by atoms with E-state index in [0.717, 1.165) is 30.4 Å². The third kappa shape index (κ3) is 3.59. The first-order valence-electron chi connectivity index (χ1n) is 7.11. The summed E-state index contributed by atoms with van der Waals surface area (Å²) in [5.41, 5.74) is 1.11. The Labute approximate surface area is 110 Å². The molecule has 1 saturated carbocycles. The number of aryl methyl sites for hydroxylation is 1. The van der Waals surface area contributed by atoms with E-state index in [9.17, 15) is 0 Å². The van der Waals surface area contributed by atoms with Crippen molar-refractivity contribution in [1.29, 1.82) is 0 Å². The Morgan fingerprint density at radius 3 is 2.78 bits per heavy atom. The van der Waals surface area contributed by atoms with Gasteiger partial charge in [0.05, 0.1) is 0 Å². The van der Waals surface area contributed by atoms with E-state index in [1.54, 1.807) is 0 Å². The normalized spacial score (nSPS) is 15.9. The van der Waals surface area contributed by atoms with Gasteiger partial charge in [-0.2, -0.15) is 4.98 Å². The third-order valence-electron chi connectivity index (χ3n) is 3.63. The first-order valence-corrected chi connectivity index (χ1v) is 7.11. The molecule has 0 radical (unpaired) electrons. The number of nitrogens with zero attached hydrogens (tertiary/aromatic N) is 2. The average Bonchev–Trinajstić information content (AvgIpc) is 2.86. The van der Waals surface area contributed by atoms with Crippen LogP contribution in [0.4, 0.5) is 11.8 Å². The fourth-order valence-corrected chi connectivity index (χ4v) is 2.56. The molecule has 0 spiro atoms. The smallest absolute Gasteiger partial charge is 0.224 e. The maximum Gasteiger partial charge on any atom is 0.224 e. The van der Waals surface area contributed by atoms with Gasteiger partial charge in [-0.25, -0.2) is 4.98 Å². The predicted molar refractivity (Wildman–Crippen MR) is 76.0 cm³/mol. The number of anilines is 2. The lowest BCUT2D eigenvalue weighted by atomic mass is 10.0. The van der Waals surface area contributed by atoms with Gasteiger partial charge >= 0.3 is 0 Å². The SMILES string of the molecule is CCNc1ncc(C)c(NCCC2CCCC2)n1. The second kappa shape index (κ2) is 6.57. The summed E-state index contributed by atoms with van der Waals surface area (Å²) in [6, 6.07) is 0. The molecule has 0 atom stereocenters. The van der Waals surface area contributed by atoms with Gasteiger partial charge in [-0.15, -0.1) is 0 Å². The first kappa shape index (κ1) is 13.1. The Morgan fingerprint density at radius 1 is 1.28 bits per heavy atom. The Morgan fingerprint density at radius 2 is 2.06 bits per heavy atom. The Kier molecular flexibility index (Phi) is 4.79. The van der Waals surface area contributed by atoms with Crippen molar-refractivity contribution in [2.24, 2.45) is 5.92 Å². The van der Waals surface area contributed by atoms with E-state index in [-0.39, 0.29) is 0 Å². The molecule has 4 heteroatoms. The minimum Gasteiger partial charge on any atom is -0.370 e. The van der Waals surface area contributed by atoms with Crippen LogP contribution >= 0.6 is 0 Å². The number of rotatable bonds is 6. The van der Waals surface area contributed by atoms with Crippen LogP contribution in [0.25, 0.3) is 0 Å². The molecular formula is C14H24N4. The van der Waals surface area contributed by atoms with Gasteiger partial charge in [0.15, 0.2) is 0 Å². The highest BCUT2D eigenvalue weighted by Gasteiger charge is 2.14. The van der Waals surface area contributed by atoms with Crippen LogP contribution < -0.4 is 10.6 Å². The van der Waals surface area contributed by atoms with Crippen LogP contribution in [0.15, 0.2) is 6.20 Å². The van der Waals surface area contributed by atoms with Crippen molar-refractivity contribution in [3.8, 4) is 0 Å².